The number of benzene rings is 1. The summed E-state index contributed by atoms with van der Waals surface area (Å²) >= 11 is 0. The van der Waals surface area contributed by atoms with Crippen molar-refractivity contribution in [1.82, 2.24) is 4.90 Å². The van der Waals surface area contributed by atoms with Crippen molar-refractivity contribution in [3.05, 3.63) is 34.9 Å². The van der Waals surface area contributed by atoms with E-state index in [2.05, 4.69) is 0 Å². The van der Waals surface area contributed by atoms with Gasteiger partial charge in [-0.3, -0.25) is 9.59 Å². The highest BCUT2D eigenvalue weighted by Crippen LogP contribution is 2.24. The second-order valence-electron chi connectivity index (χ2n) is 5.95. The maximum Gasteiger partial charge on any atom is 0.323 e. The van der Waals surface area contributed by atoms with Crippen molar-refractivity contribution >= 4 is 11.9 Å². The van der Waals surface area contributed by atoms with Crippen LogP contribution in [0.25, 0.3) is 0 Å². The number of carbonyl (C=O) groups excluding carboxylic acids is 1. The van der Waals surface area contributed by atoms with Crippen LogP contribution in [0.1, 0.15) is 42.4 Å². The fraction of sp³-hybridized carbons (Fsp3) is 0.529. The molecule has 4 heteroatoms. The van der Waals surface area contributed by atoms with Crippen LogP contribution in [0, 0.1) is 13.8 Å². The molecule has 0 saturated heterocycles. The molecule has 0 atom stereocenters. The fourth-order valence-corrected chi connectivity index (χ4v) is 2.97. The van der Waals surface area contributed by atoms with Gasteiger partial charge in [0.05, 0.1) is 6.42 Å². The summed E-state index contributed by atoms with van der Waals surface area (Å²) < 4.78 is 0. The van der Waals surface area contributed by atoms with Gasteiger partial charge in [0.2, 0.25) is 5.91 Å². The lowest BCUT2D eigenvalue weighted by atomic mass is 10.0. The van der Waals surface area contributed by atoms with Crippen molar-refractivity contribution in [2.75, 3.05) is 6.54 Å². The summed E-state index contributed by atoms with van der Waals surface area (Å²) in [5.74, 6) is -1.01. The first-order valence-electron chi connectivity index (χ1n) is 7.55. The molecule has 1 saturated carbocycles. The Morgan fingerprint density at radius 3 is 2.43 bits per heavy atom. The SMILES string of the molecule is Cc1ccc(CC(=O)N(CC(=O)O)C2CCCC2)cc1C. The first-order chi connectivity index (χ1) is 9.97. The highest BCUT2D eigenvalue weighted by Gasteiger charge is 2.28. The molecule has 0 aliphatic heterocycles. The predicted octanol–water partition coefficient (Wildman–Crippen LogP) is 2.70. The van der Waals surface area contributed by atoms with Crippen LogP contribution in [0.15, 0.2) is 18.2 Å². The van der Waals surface area contributed by atoms with E-state index < -0.39 is 5.97 Å². The van der Waals surface area contributed by atoms with E-state index in [9.17, 15) is 9.59 Å². The largest absolute Gasteiger partial charge is 0.480 e. The van der Waals surface area contributed by atoms with Crippen LogP contribution in [-0.4, -0.2) is 34.5 Å². The third-order valence-electron chi connectivity index (χ3n) is 4.32. The van der Waals surface area contributed by atoms with Crippen LogP contribution in [0.5, 0.6) is 0 Å². The number of rotatable bonds is 5. The van der Waals surface area contributed by atoms with Crippen LogP contribution in [0.2, 0.25) is 0 Å². The number of hydrogen-bond acceptors (Lipinski definition) is 2. The summed E-state index contributed by atoms with van der Waals surface area (Å²) in [7, 11) is 0. The zero-order valence-corrected chi connectivity index (χ0v) is 12.8. The van der Waals surface area contributed by atoms with E-state index in [4.69, 9.17) is 5.11 Å². The maximum absolute atomic E-state index is 12.5. The molecule has 1 aromatic carbocycles. The summed E-state index contributed by atoms with van der Waals surface area (Å²) in [6, 6.07) is 6.07. The van der Waals surface area contributed by atoms with Crippen molar-refractivity contribution < 1.29 is 14.7 Å². The molecule has 2 rings (SSSR count). The number of hydrogen-bond donors (Lipinski definition) is 1. The van der Waals surface area contributed by atoms with Gasteiger partial charge in [-0.1, -0.05) is 31.0 Å². The van der Waals surface area contributed by atoms with E-state index in [0.717, 1.165) is 36.8 Å². The van der Waals surface area contributed by atoms with Gasteiger partial charge in [0.25, 0.3) is 0 Å². The van der Waals surface area contributed by atoms with Gasteiger partial charge in [-0.05, 0) is 43.4 Å². The monoisotopic (exact) mass is 289 g/mol. The van der Waals surface area contributed by atoms with Gasteiger partial charge in [-0.15, -0.1) is 0 Å². The minimum absolute atomic E-state index is 0.0763. The zero-order chi connectivity index (χ0) is 15.4. The lowest BCUT2D eigenvalue weighted by Gasteiger charge is -2.27. The fourth-order valence-electron chi connectivity index (χ4n) is 2.97. The molecule has 1 N–H and O–H groups in total. The van der Waals surface area contributed by atoms with Crippen LogP contribution in [0.4, 0.5) is 0 Å². The summed E-state index contributed by atoms with van der Waals surface area (Å²) in [5, 5.41) is 9.05. The van der Waals surface area contributed by atoms with E-state index in [1.54, 1.807) is 4.90 Å². The molecule has 0 bridgehead atoms. The number of carboxylic acid groups (broad SMARTS) is 1. The third kappa shape index (κ3) is 4.06. The Morgan fingerprint density at radius 1 is 1.19 bits per heavy atom. The standard InChI is InChI=1S/C17H23NO3/c1-12-7-8-14(9-13(12)2)10-16(19)18(11-17(20)21)15-5-3-4-6-15/h7-9,15H,3-6,10-11H2,1-2H3,(H,20,21). The molecule has 1 aliphatic rings. The Bertz CT molecular complexity index is 533. The lowest BCUT2D eigenvalue weighted by Crippen LogP contribution is -2.43. The number of aryl methyl sites for hydroxylation is 2. The second kappa shape index (κ2) is 6.74. The summed E-state index contributed by atoms with van der Waals surface area (Å²) in [5.41, 5.74) is 3.31. The molecule has 1 amide bonds. The lowest BCUT2D eigenvalue weighted by molar-refractivity contribution is -0.145. The van der Waals surface area contributed by atoms with Gasteiger partial charge < -0.3 is 10.0 Å². The van der Waals surface area contributed by atoms with Crippen molar-refractivity contribution in [3.63, 3.8) is 0 Å². The van der Waals surface area contributed by atoms with E-state index in [0.29, 0.717) is 0 Å². The number of aliphatic carboxylic acids is 1. The van der Waals surface area contributed by atoms with Gasteiger partial charge in [-0.25, -0.2) is 0 Å². The Morgan fingerprint density at radius 2 is 1.86 bits per heavy atom. The average Bonchev–Trinajstić information content (AvgIpc) is 2.93. The Balaban J connectivity index is 2.09. The number of nitrogens with zero attached hydrogens (tertiary/aromatic N) is 1. The van der Waals surface area contributed by atoms with Gasteiger partial charge in [0, 0.05) is 6.04 Å². The molecular formula is C17H23NO3. The maximum atomic E-state index is 12.5. The Hall–Kier alpha value is -1.84. The minimum Gasteiger partial charge on any atom is -0.480 e. The molecule has 0 unspecified atom stereocenters. The first kappa shape index (κ1) is 15.5. The van der Waals surface area contributed by atoms with E-state index in [1.807, 2.05) is 32.0 Å². The number of amides is 1. The second-order valence-corrected chi connectivity index (χ2v) is 5.95. The quantitative estimate of drug-likeness (QED) is 0.906. The van der Waals surface area contributed by atoms with Crippen LogP contribution >= 0.6 is 0 Å². The summed E-state index contributed by atoms with van der Waals surface area (Å²) in [6.45, 7) is 3.87. The molecule has 114 valence electrons. The third-order valence-corrected chi connectivity index (χ3v) is 4.32. The summed E-state index contributed by atoms with van der Waals surface area (Å²) in [6.07, 6.45) is 4.29. The van der Waals surface area contributed by atoms with Gasteiger partial charge in [-0.2, -0.15) is 0 Å². The molecule has 1 aromatic rings. The molecule has 1 aliphatic carbocycles. The molecule has 21 heavy (non-hydrogen) atoms. The first-order valence-corrected chi connectivity index (χ1v) is 7.55. The Kier molecular flexibility index (Phi) is 4.99. The summed E-state index contributed by atoms with van der Waals surface area (Å²) in [4.78, 5) is 25.1. The van der Waals surface area contributed by atoms with Crippen molar-refractivity contribution in [3.8, 4) is 0 Å². The molecule has 0 radical (unpaired) electrons. The minimum atomic E-state index is -0.935. The van der Waals surface area contributed by atoms with E-state index in [-0.39, 0.29) is 24.9 Å². The molecular weight excluding hydrogens is 266 g/mol. The molecule has 1 fully saturated rings. The highest BCUT2D eigenvalue weighted by molar-refractivity contribution is 5.83. The molecule has 0 aromatic heterocycles. The van der Waals surface area contributed by atoms with Gasteiger partial charge in [0.15, 0.2) is 0 Å². The highest BCUT2D eigenvalue weighted by atomic mass is 16.4. The topological polar surface area (TPSA) is 57.6 Å². The van der Waals surface area contributed by atoms with Crippen molar-refractivity contribution in [2.24, 2.45) is 0 Å². The molecule has 0 heterocycles. The molecule has 0 spiro atoms. The number of carboxylic acids is 1. The van der Waals surface area contributed by atoms with E-state index in [1.165, 1.54) is 5.56 Å². The van der Waals surface area contributed by atoms with Crippen LogP contribution in [-0.2, 0) is 16.0 Å². The Labute approximate surface area is 125 Å². The average molecular weight is 289 g/mol. The predicted molar refractivity (Wildman–Crippen MR) is 81.2 cm³/mol. The van der Waals surface area contributed by atoms with E-state index >= 15 is 0 Å². The van der Waals surface area contributed by atoms with Gasteiger partial charge >= 0.3 is 5.97 Å². The van der Waals surface area contributed by atoms with Crippen molar-refractivity contribution in [1.29, 1.82) is 0 Å². The zero-order valence-electron chi connectivity index (χ0n) is 12.8. The normalized spacial score (nSPS) is 15.1. The van der Waals surface area contributed by atoms with Crippen LogP contribution < -0.4 is 0 Å². The smallest absolute Gasteiger partial charge is 0.323 e. The van der Waals surface area contributed by atoms with Gasteiger partial charge in [0.1, 0.15) is 6.54 Å². The van der Waals surface area contributed by atoms with Crippen LogP contribution in [0.3, 0.4) is 0 Å². The van der Waals surface area contributed by atoms with Crippen molar-refractivity contribution in [2.45, 2.75) is 52.0 Å². The molecule has 4 nitrogen and oxygen atoms in total. The number of carbonyl (C=O) groups is 2.